The molecule has 0 aromatic carbocycles. The van der Waals surface area contributed by atoms with Gasteiger partial charge in [0.15, 0.2) is 0 Å². The Morgan fingerprint density at radius 1 is 1.27 bits per heavy atom. The van der Waals surface area contributed by atoms with Gasteiger partial charge in [-0.25, -0.2) is 9.59 Å². The number of carboxylic acid groups (broad SMARTS) is 1. The van der Waals surface area contributed by atoms with Gasteiger partial charge in [0.1, 0.15) is 0 Å². The maximum Gasteiger partial charge on any atom is 0.331 e. The van der Waals surface area contributed by atoms with E-state index < -0.39 is 11.9 Å². The standard InChI is InChI=1S/C11H18O4/c1-9(2)5-3-4-8-15-11(14)7-6-10(12)13/h6-7,9H,3-5,8H2,1-2H3,(H,12,13)/b7-6+. The van der Waals surface area contributed by atoms with E-state index in [1.165, 1.54) is 0 Å². The summed E-state index contributed by atoms with van der Waals surface area (Å²) in [5, 5.41) is 8.24. The Kier molecular flexibility index (Phi) is 7.32. The van der Waals surface area contributed by atoms with Gasteiger partial charge in [-0.1, -0.05) is 20.3 Å². The Morgan fingerprint density at radius 2 is 1.93 bits per heavy atom. The molecule has 0 unspecified atom stereocenters. The third kappa shape index (κ3) is 10.6. The number of aliphatic carboxylic acids is 1. The number of carbonyl (C=O) groups is 2. The van der Waals surface area contributed by atoms with Gasteiger partial charge in [-0.3, -0.25) is 0 Å². The molecule has 0 aromatic rings. The average molecular weight is 214 g/mol. The second-order valence-electron chi connectivity index (χ2n) is 3.73. The van der Waals surface area contributed by atoms with Crippen molar-refractivity contribution < 1.29 is 19.4 Å². The summed E-state index contributed by atoms with van der Waals surface area (Å²) in [5.74, 6) is -1.08. The fourth-order valence-electron chi connectivity index (χ4n) is 1.01. The molecule has 0 amide bonds. The van der Waals surface area contributed by atoms with E-state index in [0.717, 1.165) is 31.4 Å². The Bertz CT molecular complexity index is 231. The molecule has 0 aliphatic rings. The first-order valence-corrected chi connectivity index (χ1v) is 5.10. The summed E-state index contributed by atoms with van der Waals surface area (Å²) >= 11 is 0. The van der Waals surface area contributed by atoms with E-state index in [4.69, 9.17) is 9.84 Å². The molecule has 0 aromatic heterocycles. The summed E-state index contributed by atoms with van der Waals surface area (Å²) in [7, 11) is 0. The summed E-state index contributed by atoms with van der Waals surface area (Å²) in [6.07, 6.45) is 4.65. The number of rotatable bonds is 7. The van der Waals surface area contributed by atoms with E-state index in [9.17, 15) is 9.59 Å². The van der Waals surface area contributed by atoms with Gasteiger partial charge in [0.2, 0.25) is 0 Å². The number of carbonyl (C=O) groups excluding carboxylic acids is 1. The van der Waals surface area contributed by atoms with Crippen LogP contribution in [0.1, 0.15) is 33.1 Å². The molecule has 4 heteroatoms. The maximum absolute atomic E-state index is 10.9. The minimum Gasteiger partial charge on any atom is -0.478 e. The fraction of sp³-hybridized carbons (Fsp3) is 0.636. The molecule has 0 atom stereocenters. The molecule has 0 heterocycles. The van der Waals surface area contributed by atoms with E-state index in [1.807, 2.05) is 0 Å². The first kappa shape index (κ1) is 13.7. The maximum atomic E-state index is 10.9. The van der Waals surface area contributed by atoms with E-state index in [0.29, 0.717) is 12.5 Å². The molecule has 0 fully saturated rings. The summed E-state index contributed by atoms with van der Waals surface area (Å²) in [4.78, 5) is 20.9. The van der Waals surface area contributed by atoms with Crippen molar-refractivity contribution in [3.63, 3.8) is 0 Å². The topological polar surface area (TPSA) is 63.6 Å². The Hall–Kier alpha value is -1.32. The van der Waals surface area contributed by atoms with Crippen LogP contribution in [0, 0.1) is 5.92 Å². The second kappa shape index (κ2) is 8.03. The predicted molar refractivity (Wildman–Crippen MR) is 56.4 cm³/mol. The zero-order valence-electron chi connectivity index (χ0n) is 9.23. The van der Waals surface area contributed by atoms with Crippen molar-refractivity contribution in [2.75, 3.05) is 6.61 Å². The fourth-order valence-corrected chi connectivity index (χ4v) is 1.01. The minimum absolute atomic E-state index is 0.357. The van der Waals surface area contributed by atoms with Crippen LogP contribution in [-0.4, -0.2) is 23.7 Å². The van der Waals surface area contributed by atoms with Crippen LogP contribution in [0.4, 0.5) is 0 Å². The number of esters is 1. The van der Waals surface area contributed by atoms with Gasteiger partial charge in [-0.15, -0.1) is 0 Å². The SMILES string of the molecule is CC(C)CCCCOC(=O)/C=C/C(=O)O. The lowest BCUT2D eigenvalue weighted by Gasteiger charge is -2.04. The second-order valence-corrected chi connectivity index (χ2v) is 3.73. The van der Waals surface area contributed by atoms with Crippen molar-refractivity contribution in [2.24, 2.45) is 5.92 Å². The Balaban J connectivity index is 3.43. The van der Waals surface area contributed by atoms with E-state index in [-0.39, 0.29) is 0 Å². The lowest BCUT2D eigenvalue weighted by Crippen LogP contribution is -2.03. The van der Waals surface area contributed by atoms with Crippen LogP contribution < -0.4 is 0 Å². The van der Waals surface area contributed by atoms with Gasteiger partial charge in [0, 0.05) is 12.2 Å². The third-order valence-corrected chi connectivity index (χ3v) is 1.78. The van der Waals surface area contributed by atoms with Crippen LogP contribution in [0.15, 0.2) is 12.2 Å². The zero-order valence-corrected chi connectivity index (χ0v) is 9.23. The van der Waals surface area contributed by atoms with Gasteiger partial charge < -0.3 is 9.84 Å². The van der Waals surface area contributed by atoms with Gasteiger partial charge in [0.05, 0.1) is 6.61 Å². The van der Waals surface area contributed by atoms with Crippen LogP contribution >= 0.6 is 0 Å². The molecular weight excluding hydrogens is 196 g/mol. The molecule has 0 radical (unpaired) electrons. The quantitative estimate of drug-likeness (QED) is 0.400. The average Bonchev–Trinajstić information content (AvgIpc) is 2.13. The van der Waals surface area contributed by atoms with Gasteiger partial charge in [-0.05, 0) is 18.8 Å². The molecule has 0 saturated carbocycles. The molecule has 0 aliphatic heterocycles. The molecule has 4 nitrogen and oxygen atoms in total. The zero-order chi connectivity index (χ0) is 11.7. The van der Waals surface area contributed by atoms with E-state index >= 15 is 0 Å². The van der Waals surface area contributed by atoms with E-state index in [1.54, 1.807) is 0 Å². The molecule has 0 aliphatic carbocycles. The van der Waals surface area contributed by atoms with Crippen LogP contribution in [0.2, 0.25) is 0 Å². The number of hydrogen-bond donors (Lipinski definition) is 1. The summed E-state index contributed by atoms with van der Waals surface area (Å²) in [6.45, 7) is 4.64. The molecule has 1 N–H and O–H groups in total. The van der Waals surface area contributed by atoms with Crippen molar-refractivity contribution in [1.29, 1.82) is 0 Å². The lowest BCUT2D eigenvalue weighted by molar-refractivity contribution is -0.138. The van der Waals surface area contributed by atoms with Crippen LogP contribution in [-0.2, 0) is 14.3 Å². The van der Waals surface area contributed by atoms with Crippen molar-refractivity contribution in [2.45, 2.75) is 33.1 Å². The molecule has 0 bridgehead atoms. The summed E-state index contributed by atoms with van der Waals surface area (Å²) in [6, 6.07) is 0. The minimum atomic E-state index is -1.15. The van der Waals surface area contributed by atoms with Gasteiger partial charge in [0.25, 0.3) is 0 Å². The van der Waals surface area contributed by atoms with Gasteiger partial charge in [-0.2, -0.15) is 0 Å². The number of ether oxygens (including phenoxy) is 1. The van der Waals surface area contributed by atoms with Crippen molar-refractivity contribution in [3.8, 4) is 0 Å². The molecule has 0 saturated heterocycles. The normalized spacial score (nSPS) is 10.9. The van der Waals surface area contributed by atoms with Crippen LogP contribution in [0.25, 0.3) is 0 Å². The molecular formula is C11H18O4. The predicted octanol–water partition coefficient (Wildman–Crippen LogP) is 2.00. The summed E-state index contributed by atoms with van der Waals surface area (Å²) in [5.41, 5.74) is 0. The van der Waals surface area contributed by atoms with Gasteiger partial charge >= 0.3 is 11.9 Å². The number of hydrogen-bond acceptors (Lipinski definition) is 3. The molecule has 0 rings (SSSR count). The highest BCUT2D eigenvalue weighted by Gasteiger charge is 1.99. The van der Waals surface area contributed by atoms with E-state index in [2.05, 4.69) is 13.8 Å². The third-order valence-electron chi connectivity index (χ3n) is 1.78. The Morgan fingerprint density at radius 3 is 2.47 bits per heavy atom. The number of unbranched alkanes of at least 4 members (excludes halogenated alkanes) is 1. The highest BCUT2D eigenvalue weighted by molar-refractivity contribution is 5.90. The van der Waals surface area contributed by atoms with Crippen LogP contribution in [0.3, 0.4) is 0 Å². The monoisotopic (exact) mass is 214 g/mol. The number of carboxylic acids is 1. The highest BCUT2D eigenvalue weighted by Crippen LogP contribution is 2.05. The molecule has 0 spiro atoms. The molecule has 15 heavy (non-hydrogen) atoms. The van der Waals surface area contributed by atoms with Crippen molar-refractivity contribution in [1.82, 2.24) is 0 Å². The smallest absolute Gasteiger partial charge is 0.331 e. The van der Waals surface area contributed by atoms with Crippen LogP contribution in [0.5, 0.6) is 0 Å². The summed E-state index contributed by atoms with van der Waals surface area (Å²) < 4.78 is 4.79. The first-order chi connectivity index (χ1) is 7.02. The highest BCUT2D eigenvalue weighted by atomic mass is 16.5. The van der Waals surface area contributed by atoms with Crippen molar-refractivity contribution in [3.05, 3.63) is 12.2 Å². The molecule has 86 valence electrons. The Labute approximate surface area is 89.9 Å². The van der Waals surface area contributed by atoms with Crippen molar-refractivity contribution >= 4 is 11.9 Å². The largest absolute Gasteiger partial charge is 0.478 e. The lowest BCUT2D eigenvalue weighted by atomic mass is 10.1. The first-order valence-electron chi connectivity index (χ1n) is 5.10.